The first-order chi connectivity index (χ1) is 8.17. The predicted octanol–water partition coefficient (Wildman–Crippen LogP) is 0.884. The Morgan fingerprint density at radius 3 is 2.82 bits per heavy atom. The van der Waals surface area contributed by atoms with Crippen LogP contribution in [0.1, 0.15) is 5.56 Å². The zero-order valence-electron chi connectivity index (χ0n) is 9.97. The molecule has 1 aromatic carbocycles. The molecule has 2 N–H and O–H groups in total. The summed E-state index contributed by atoms with van der Waals surface area (Å²) in [5.74, 6) is -0.169. The van der Waals surface area contributed by atoms with E-state index in [0.29, 0.717) is 6.54 Å². The summed E-state index contributed by atoms with van der Waals surface area (Å²) in [7, 11) is 3.07. The standard InChI is InChI=1S/C12H17NO4/c1-16-8-11(12(14)15)13-7-9-4-3-5-10(6-9)17-2/h3-6,11,13H,7-8H2,1-2H3,(H,14,15). The van der Waals surface area contributed by atoms with E-state index in [-0.39, 0.29) is 6.61 Å². The first-order valence-corrected chi connectivity index (χ1v) is 5.25. The number of ether oxygens (including phenoxy) is 2. The number of aliphatic carboxylic acids is 1. The second-order valence-electron chi connectivity index (χ2n) is 3.58. The Kier molecular flexibility index (Phi) is 5.45. The molecule has 0 aliphatic heterocycles. The molecule has 0 spiro atoms. The second kappa shape index (κ2) is 6.88. The highest BCUT2D eigenvalue weighted by Crippen LogP contribution is 2.12. The van der Waals surface area contributed by atoms with Gasteiger partial charge in [-0.2, -0.15) is 0 Å². The van der Waals surface area contributed by atoms with Gasteiger partial charge >= 0.3 is 5.97 Å². The van der Waals surface area contributed by atoms with Gasteiger partial charge in [0.1, 0.15) is 11.8 Å². The van der Waals surface area contributed by atoms with E-state index in [1.165, 1.54) is 7.11 Å². The molecule has 0 radical (unpaired) electrons. The quantitative estimate of drug-likeness (QED) is 0.739. The number of carboxylic acid groups (broad SMARTS) is 1. The third-order valence-corrected chi connectivity index (χ3v) is 2.32. The largest absolute Gasteiger partial charge is 0.497 e. The number of methoxy groups -OCH3 is 2. The molecule has 17 heavy (non-hydrogen) atoms. The van der Waals surface area contributed by atoms with Crippen molar-refractivity contribution in [2.75, 3.05) is 20.8 Å². The minimum atomic E-state index is -0.922. The lowest BCUT2D eigenvalue weighted by molar-refractivity contribution is -0.140. The van der Waals surface area contributed by atoms with E-state index in [4.69, 9.17) is 14.6 Å². The molecule has 1 unspecified atom stereocenters. The van der Waals surface area contributed by atoms with E-state index in [9.17, 15) is 4.79 Å². The molecule has 0 aliphatic rings. The van der Waals surface area contributed by atoms with Crippen molar-refractivity contribution in [3.8, 4) is 5.75 Å². The summed E-state index contributed by atoms with van der Waals surface area (Å²) in [6.07, 6.45) is 0. The molecule has 0 bridgehead atoms. The van der Waals surface area contributed by atoms with Gasteiger partial charge < -0.3 is 14.6 Å². The zero-order chi connectivity index (χ0) is 12.7. The molecule has 5 heteroatoms. The summed E-state index contributed by atoms with van der Waals surface area (Å²) in [4.78, 5) is 10.9. The van der Waals surface area contributed by atoms with E-state index >= 15 is 0 Å². The van der Waals surface area contributed by atoms with Crippen LogP contribution in [0.4, 0.5) is 0 Å². The molecule has 0 amide bonds. The Balaban J connectivity index is 2.55. The van der Waals surface area contributed by atoms with Gasteiger partial charge in [-0.25, -0.2) is 0 Å². The number of hydrogen-bond acceptors (Lipinski definition) is 4. The molecule has 0 aromatic heterocycles. The van der Waals surface area contributed by atoms with Gasteiger partial charge in [0.15, 0.2) is 0 Å². The number of carboxylic acids is 1. The van der Waals surface area contributed by atoms with Gasteiger partial charge in [-0.05, 0) is 17.7 Å². The molecule has 0 heterocycles. The van der Waals surface area contributed by atoms with Crippen LogP contribution >= 0.6 is 0 Å². The highest BCUT2D eigenvalue weighted by molar-refractivity contribution is 5.73. The first-order valence-electron chi connectivity index (χ1n) is 5.25. The van der Waals surface area contributed by atoms with Gasteiger partial charge in [-0.15, -0.1) is 0 Å². The fourth-order valence-electron chi connectivity index (χ4n) is 1.41. The molecule has 1 aromatic rings. The number of nitrogens with one attached hydrogen (secondary N) is 1. The Morgan fingerprint density at radius 2 is 2.24 bits per heavy atom. The molecular formula is C12H17NO4. The third kappa shape index (κ3) is 4.42. The van der Waals surface area contributed by atoms with Crippen molar-refractivity contribution in [2.45, 2.75) is 12.6 Å². The minimum Gasteiger partial charge on any atom is -0.497 e. The molecular weight excluding hydrogens is 222 g/mol. The van der Waals surface area contributed by atoms with Crippen molar-refractivity contribution in [3.05, 3.63) is 29.8 Å². The van der Waals surface area contributed by atoms with Gasteiger partial charge in [-0.3, -0.25) is 10.1 Å². The number of rotatable bonds is 7. The van der Waals surface area contributed by atoms with Crippen LogP contribution in [0.5, 0.6) is 5.75 Å². The maximum atomic E-state index is 10.9. The molecule has 0 aliphatic carbocycles. The fourth-order valence-corrected chi connectivity index (χ4v) is 1.41. The number of hydrogen-bond donors (Lipinski definition) is 2. The summed E-state index contributed by atoms with van der Waals surface area (Å²) in [6.45, 7) is 0.594. The van der Waals surface area contributed by atoms with Crippen molar-refractivity contribution < 1.29 is 19.4 Å². The Hall–Kier alpha value is -1.59. The normalized spacial score (nSPS) is 12.1. The van der Waals surface area contributed by atoms with E-state index in [2.05, 4.69) is 5.32 Å². The van der Waals surface area contributed by atoms with Crippen LogP contribution in [0, 0.1) is 0 Å². The lowest BCUT2D eigenvalue weighted by Gasteiger charge is -2.13. The summed E-state index contributed by atoms with van der Waals surface area (Å²) in [5, 5.41) is 11.8. The molecule has 0 saturated heterocycles. The number of benzene rings is 1. The summed E-state index contributed by atoms with van der Waals surface area (Å²) in [5.41, 5.74) is 0.965. The van der Waals surface area contributed by atoms with Gasteiger partial charge in [-0.1, -0.05) is 12.1 Å². The summed E-state index contributed by atoms with van der Waals surface area (Å²) >= 11 is 0. The highest BCUT2D eigenvalue weighted by Gasteiger charge is 2.15. The lowest BCUT2D eigenvalue weighted by Crippen LogP contribution is -2.39. The Labute approximate surface area is 100 Å². The first kappa shape index (κ1) is 13.5. The van der Waals surface area contributed by atoms with Crippen molar-refractivity contribution in [2.24, 2.45) is 0 Å². The molecule has 1 rings (SSSR count). The predicted molar refractivity (Wildman–Crippen MR) is 63.1 cm³/mol. The van der Waals surface area contributed by atoms with E-state index in [1.807, 2.05) is 24.3 Å². The van der Waals surface area contributed by atoms with Crippen LogP contribution in [0.2, 0.25) is 0 Å². The molecule has 94 valence electrons. The average Bonchev–Trinajstić information content (AvgIpc) is 2.34. The fraction of sp³-hybridized carbons (Fsp3) is 0.417. The van der Waals surface area contributed by atoms with E-state index < -0.39 is 12.0 Å². The zero-order valence-corrected chi connectivity index (χ0v) is 9.97. The second-order valence-corrected chi connectivity index (χ2v) is 3.58. The topological polar surface area (TPSA) is 67.8 Å². The Morgan fingerprint density at radius 1 is 1.47 bits per heavy atom. The monoisotopic (exact) mass is 239 g/mol. The van der Waals surface area contributed by atoms with Crippen LogP contribution in [0.25, 0.3) is 0 Å². The summed E-state index contributed by atoms with van der Waals surface area (Å²) < 4.78 is 9.92. The van der Waals surface area contributed by atoms with Crippen LogP contribution in [0.3, 0.4) is 0 Å². The SMILES string of the molecule is COCC(NCc1cccc(OC)c1)C(=O)O. The molecule has 0 saturated carbocycles. The van der Waals surface area contributed by atoms with E-state index in [1.54, 1.807) is 7.11 Å². The van der Waals surface area contributed by atoms with Crippen LogP contribution in [-0.2, 0) is 16.1 Å². The van der Waals surface area contributed by atoms with Gasteiger partial charge in [0.25, 0.3) is 0 Å². The van der Waals surface area contributed by atoms with Crippen LogP contribution in [-0.4, -0.2) is 37.9 Å². The van der Waals surface area contributed by atoms with Crippen molar-refractivity contribution >= 4 is 5.97 Å². The van der Waals surface area contributed by atoms with Gasteiger partial charge in [0.2, 0.25) is 0 Å². The maximum absolute atomic E-state index is 10.9. The van der Waals surface area contributed by atoms with Gasteiger partial charge in [0, 0.05) is 13.7 Å². The Bertz CT molecular complexity index is 367. The van der Waals surface area contributed by atoms with Crippen molar-refractivity contribution in [1.82, 2.24) is 5.32 Å². The van der Waals surface area contributed by atoms with Crippen molar-refractivity contribution in [1.29, 1.82) is 0 Å². The average molecular weight is 239 g/mol. The van der Waals surface area contributed by atoms with Gasteiger partial charge in [0.05, 0.1) is 13.7 Å². The van der Waals surface area contributed by atoms with Crippen LogP contribution in [0.15, 0.2) is 24.3 Å². The molecule has 5 nitrogen and oxygen atoms in total. The van der Waals surface area contributed by atoms with E-state index in [0.717, 1.165) is 11.3 Å². The third-order valence-electron chi connectivity index (χ3n) is 2.32. The minimum absolute atomic E-state index is 0.138. The maximum Gasteiger partial charge on any atom is 0.323 e. The van der Waals surface area contributed by atoms with Crippen LogP contribution < -0.4 is 10.1 Å². The van der Waals surface area contributed by atoms with Crippen molar-refractivity contribution in [3.63, 3.8) is 0 Å². The summed E-state index contributed by atoms with van der Waals surface area (Å²) in [6, 6.07) is 6.76. The lowest BCUT2D eigenvalue weighted by atomic mass is 10.2. The molecule has 0 fully saturated rings. The molecule has 1 atom stereocenters. The smallest absolute Gasteiger partial charge is 0.323 e. The highest BCUT2D eigenvalue weighted by atomic mass is 16.5. The number of carbonyl (C=O) groups is 1.